The average Bonchev–Trinajstić information content (AvgIpc) is 2.53. The smallest absolute Gasteiger partial charge is 0.272 e. The molecule has 0 aliphatic rings. The molecule has 1 amide bonds. The first-order valence-corrected chi connectivity index (χ1v) is 7.28. The van der Waals surface area contributed by atoms with E-state index in [1.807, 2.05) is 13.0 Å². The maximum atomic E-state index is 11.7. The first-order chi connectivity index (χ1) is 10.6. The second kappa shape index (κ2) is 7.56. The highest BCUT2D eigenvalue weighted by Gasteiger charge is 2.09. The molecule has 7 heteroatoms. The Morgan fingerprint density at radius 3 is 2.77 bits per heavy atom. The van der Waals surface area contributed by atoms with Gasteiger partial charge < -0.3 is 15.7 Å². The number of hydrogen-bond donors (Lipinski definition) is 4. The molecular weight excluding hydrogens is 284 g/mol. The Balaban J connectivity index is 1.96. The van der Waals surface area contributed by atoms with Crippen LogP contribution in [-0.2, 0) is 4.79 Å². The van der Waals surface area contributed by atoms with Gasteiger partial charge in [-0.1, -0.05) is 25.1 Å². The van der Waals surface area contributed by atoms with Crippen LogP contribution in [0, 0.1) is 0 Å². The lowest BCUT2D eigenvalue weighted by atomic mass is 10.2. The Kier molecular flexibility index (Phi) is 5.48. The first-order valence-electron chi connectivity index (χ1n) is 7.28. The summed E-state index contributed by atoms with van der Waals surface area (Å²) in [5.74, 6) is 0.420. The summed E-state index contributed by atoms with van der Waals surface area (Å²) >= 11 is 0. The van der Waals surface area contributed by atoms with Crippen LogP contribution < -0.4 is 16.2 Å². The molecule has 4 N–H and O–H groups in total. The molecule has 0 bridgehead atoms. The second-order valence-electron chi connectivity index (χ2n) is 5.04. The number of H-pyrrole nitrogens is 1. The number of fused-ring (bicyclic) bond motifs is 1. The van der Waals surface area contributed by atoms with Gasteiger partial charge in [0, 0.05) is 24.9 Å². The van der Waals surface area contributed by atoms with E-state index in [0.717, 1.165) is 6.42 Å². The summed E-state index contributed by atoms with van der Waals surface area (Å²) in [6.45, 7) is 2.31. The normalized spacial score (nSPS) is 12.1. The minimum atomic E-state index is -0.742. The molecule has 0 aliphatic carbocycles. The number of aromatic amines is 1. The van der Waals surface area contributed by atoms with Crippen LogP contribution >= 0.6 is 0 Å². The predicted octanol–water partition coefficient (Wildman–Crippen LogP) is 0.612. The number of carbonyl (C=O) groups excluding carboxylic acids is 1. The van der Waals surface area contributed by atoms with Crippen LogP contribution in [0.5, 0.6) is 0 Å². The van der Waals surface area contributed by atoms with Crippen LogP contribution in [0.4, 0.5) is 5.82 Å². The van der Waals surface area contributed by atoms with Gasteiger partial charge in [-0.15, -0.1) is 0 Å². The van der Waals surface area contributed by atoms with Crippen molar-refractivity contribution in [3.05, 3.63) is 34.6 Å². The number of benzene rings is 1. The number of nitrogens with one attached hydrogen (secondary N) is 3. The summed E-state index contributed by atoms with van der Waals surface area (Å²) in [4.78, 5) is 23.0. The average molecular weight is 304 g/mol. The van der Waals surface area contributed by atoms with Crippen molar-refractivity contribution in [2.24, 2.45) is 0 Å². The summed E-state index contributed by atoms with van der Waals surface area (Å²) in [7, 11) is 0. The highest BCUT2D eigenvalue weighted by molar-refractivity contribution is 5.90. The van der Waals surface area contributed by atoms with Gasteiger partial charge in [0.25, 0.3) is 5.56 Å². The summed E-state index contributed by atoms with van der Waals surface area (Å²) in [6.07, 6.45) is 0.480. The van der Waals surface area contributed by atoms with E-state index in [-0.39, 0.29) is 24.6 Å². The SMILES string of the molecule is CCCC(=O)NCC(O)CNc1n[nH]c(=O)c2ccccc12. The molecule has 0 saturated carbocycles. The Labute approximate surface area is 127 Å². The number of carbonyl (C=O) groups is 1. The third-order valence-corrected chi connectivity index (χ3v) is 3.21. The molecule has 22 heavy (non-hydrogen) atoms. The summed E-state index contributed by atoms with van der Waals surface area (Å²) in [5.41, 5.74) is -0.256. The zero-order chi connectivity index (χ0) is 15.9. The molecule has 0 saturated heterocycles. The number of nitrogens with zero attached hydrogens (tertiary/aromatic N) is 1. The summed E-state index contributed by atoms with van der Waals surface area (Å²) < 4.78 is 0. The fourth-order valence-electron chi connectivity index (χ4n) is 2.08. The van der Waals surface area contributed by atoms with Crippen LogP contribution in [0.2, 0.25) is 0 Å². The fourth-order valence-corrected chi connectivity index (χ4v) is 2.08. The van der Waals surface area contributed by atoms with Gasteiger partial charge >= 0.3 is 0 Å². The zero-order valence-electron chi connectivity index (χ0n) is 12.4. The van der Waals surface area contributed by atoms with Crippen LogP contribution in [0.1, 0.15) is 19.8 Å². The molecule has 0 fully saturated rings. The Morgan fingerprint density at radius 2 is 2.05 bits per heavy atom. The lowest BCUT2D eigenvalue weighted by molar-refractivity contribution is -0.121. The Hall–Kier alpha value is -2.41. The Morgan fingerprint density at radius 1 is 1.32 bits per heavy atom. The molecular formula is C15H20N4O3. The standard InChI is InChI=1S/C15H20N4O3/c1-2-5-13(21)16-8-10(20)9-17-14-11-6-3-4-7-12(11)15(22)19-18-14/h3-4,6-7,10,20H,2,5,8-9H2,1H3,(H,16,21)(H,17,18)(H,19,22). The number of anilines is 1. The first kappa shape index (κ1) is 16.0. The van der Waals surface area contributed by atoms with Crippen molar-refractivity contribution in [2.75, 3.05) is 18.4 Å². The molecule has 1 atom stereocenters. The third kappa shape index (κ3) is 4.05. The number of aromatic nitrogens is 2. The highest BCUT2D eigenvalue weighted by atomic mass is 16.3. The quantitative estimate of drug-likeness (QED) is 0.599. The molecule has 0 aliphatic heterocycles. The van der Waals surface area contributed by atoms with Gasteiger partial charge in [0.2, 0.25) is 5.91 Å². The van der Waals surface area contributed by atoms with Crippen LogP contribution in [0.3, 0.4) is 0 Å². The monoisotopic (exact) mass is 304 g/mol. The van der Waals surface area contributed by atoms with Gasteiger partial charge in [0.1, 0.15) is 0 Å². The van der Waals surface area contributed by atoms with Gasteiger partial charge in [-0.3, -0.25) is 9.59 Å². The van der Waals surface area contributed by atoms with Crippen molar-refractivity contribution in [1.29, 1.82) is 0 Å². The summed E-state index contributed by atoms with van der Waals surface area (Å²) in [5, 5.41) is 23.1. The largest absolute Gasteiger partial charge is 0.389 e. The molecule has 0 spiro atoms. The zero-order valence-corrected chi connectivity index (χ0v) is 12.4. The molecule has 0 radical (unpaired) electrons. The molecule has 2 rings (SSSR count). The van der Waals surface area contributed by atoms with Crippen molar-refractivity contribution < 1.29 is 9.90 Å². The molecule has 7 nitrogen and oxygen atoms in total. The third-order valence-electron chi connectivity index (χ3n) is 3.21. The highest BCUT2D eigenvalue weighted by Crippen LogP contribution is 2.16. The summed E-state index contributed by atoms with van der Waals surface area (Å²) in [6, 6.07) is 7.09. The van der Waals surface area contributed by atoms with Crippen LogP contribution in [0.25, 0.3) is 10.8 Å². The number of hydrogen-bond acceptors (Lipinski definition) is 5. The molecule has 2 aromatic rings. The number of amides is 1. The van der Waals surface area contributed by atoms with Crippen molar-refractivity contribution in [3.63, 3.8) is 0 Å². The maximum Gasteiger partial charge on any atom is 0.272 e. The molecule has 1 heterocycles. The van der Waals surface area contributed by atoms with Crippen LogP contribution in [0.15, 0.2) is 29.1 Å². The number of rotatable bonds is 7. The fraction of sp³-hybridized carbons (Fsp3) is 0.400. The van der Waals surface area contributed by atoms with E-state index in [9.17, 15) is 14.7 Å². The predicted molar refractivity (Wildman–Crippen MR) is 84.8 cm³/mol. The Bertz CT molecular complexity index is 698. The minimum absolute atomic E-state index is 0.0748. The van der Waals surface area contributed by atoms with Gasteiger partial charge in [-0.25, -0.2) is 5.10 Å². The van der Waals surface area contributed by atoms with E-state index in [2.05, 4.69) is 20.8 Å². The molecule has 118 valence electrons. The van der Waals surface area contributed by atoms with Crippen LogP contribution in [-0.4, -0.2) is 40.4 Å². The van der Waals surface area contributed by atoms with Gasteiger partial charge in [0.15, 0.2) is 5.82 Å². The van der Waals surface area contributed by atoms with Crippen molar-refractivity contribution in [1.82, 2.24) is 15.5 Å². The van der Waals surface area contributed by atoms with Gasteiger partial charge in [-0.2, -0.15) is 5.10 Å². The van der Waals surface area contributed by atoms with E-state index in [0.29, 0.717) is 23.0 Å². The minimum Gasteiger partial charge on any atom is -0.389 e. The van der Waals surface area contributed by atoms with E-state index < -0.39 is 6.10 Å². The van der Waals surface area contributed by atoms with Gasteiger partial charge in [0.05, 0.1) is 11.5 Å². The van der Waals surface area contributed by atoms with E-state index in [1.54, 1.807) is 18.2 Å². The van der Waals surface area contributed by atoms with E-state index >= 15 is 0 Å². The maximum absolute atomic E-state index is 11.7. The van der Waals surface area contributed by atoms with E-state index in [4.69, 9.17) is 0 Å². The molecule has 1 aromatic carbocycles. The molecule has 1 unspecified atom stereocenters. The number of aliphatic hydroxyl groups is 1. The number of aliphatic hydroxyl groups excluding tert-OH is 1. The lowest BCUT2D eigenvalue weighted by Crippen LogP contribution is -2.35. The topological polar surface area (TPSA) is 107 Å². The van der Waals surface area contributed by atoms with Gasteiger partial charge in [-0.05, 0) is 12.5 Å². The van der Waals surface area contributed by atoms with Crippen molar-refractivity contribution in [3.8, 4) is 0 Å². The van der Waals surface area contributed by atoms with E-state index in [1.165, 1.54) is 0 Å². The van der Waals surface area contributed by atoms with Crippen molar-refractivity contribution >= 4 is 22.5 Å². The lowest BCUT2D eigenvalue weighted by Gasteiger charge is -2.14. The second-order valence-corrected chi connectivity index (χ2v) is 5.04. The molecule has 1 aromatic heterocycles. The van der Waals surface area contributed by atoms with Crippen molar-refractivity contribution in [2.45, 2.75) is 25.9 Å².